The van der Waals surface area contributed by atoms with Crippen LogP contribution in [0.2, 0.25) is 0 Å². The third kappa shape index (κ3) is 5.32. The second-order valence-corrected chi connectivity index (χ2v) is 8.68. The van der Waals surface area contributed by atoms with Crippen LogP contribution >= 0.6 is 27.5 Å². The fraction of sp³-hybridized carbons (Fsp3) is 0.0800. The number of anilines is 1. The van der Waals surface area contributed by atoms with Crippen molar-refractivity contribution in [3.8, 4) is 0 Å². The van der Waals surface area contributed by atoms with Gasteiger partial charge in [0.05, 0.1) is 6.54 Å². The highest BCUT2D eigenvalue weighted by atomic mass is 79.9. The highest BCUT2D eigenvalue weighted by molar-refractivity contribution is 9.10. The molecule has 0 atom stereocenters. The van der Waals surface area contributed by atoms with Gasteiger partial charge >= 0.3 is 0 Å². The topological polar surface area (TPSA) is 78.5 Å². The minimum absolute atomic E-state index is 0.0784. The number of carbonyl (C=O) groups excluding carboxylic acids is 3. The lowest BCUT2D eigenvalue weighted by Gasteiger charge is -2.15. The SMILES string of the molecule is O=C(Nc1ccc(Br)cc1)c1ccc(CNC2=C(Cl)C(=O)N(Cc3ccccc3)C2=O)cc1. The Bertz CT molecular complexity index is 1230. The second-order valence-electron chi connectivity index (χ2n) is 7.38. The molecule has 0 saturated heterocycles. The van der Waals surface area contributed by atoms with Gasteiger partial charge < -0.3 is 10.6 Å². The van der Waals surface area contributed by atoms with Gasteiger partial charge in [0.15, 0.2) is 0 Å². The highest BCUT2D eigenvalue weighted by Gasteiger charge is 2.37. The first-order chi connectivity index (χ1) is 15.9. The van der Waals surface area contributed by atoms with Crippen molar-refractivity contribution in [2.24, 2.45) is 0 Å². The van der Waals surface area contributed by atoms with E-state index in [1.165, 1.54) is 0 Å². The number of rotatable bonds is 7. The number of imide groups is 1. The second kappa shape index (κ2) is 10.0. The Balaban J connectivity index is 1.36. The van der Waals surface area contributed by atoms with Crippen LogP contribution in [0.4, 0.5) is 5.69 Å². The summed E-state index contributed by atoms with van der Waals surface area (Å²) < 4.78 is 0.929. The van der Waals surface area contributed by atoms with E-state index >= 15 is 0 Å². The molecular formula is C25H19BrClN3O3. The first-order valence-corrected chi connectivity index (χ1v) is 11.3. The summed E-state index contributed by atoms with van der Waals surface area (Å²) >= 11 is 9.51. The molecule has 1 aliphatic heterocycles. The smallest absolute Gasteiger partial charge is 0.278 e. The Morgan fingerprint density at radius 2 is 1.52 bits per heavy atom. The molecule has 2 N–H and O–H groups in total. The number of hydrogen-bond donors (Lipinski definition) is 2. The van der Waals surface area contributed by atoms with Gasteiger partial charge in [-0.2, -0.15) is 0 Å². The average molecular weight is 525 g/mol. The van der Waals surface area contributed by atoms with Crippen molar-refractivity contribution in [3.63, 3.8) is 0 Å². The van der Waals surface area contributed by atoms with Crippen LogP contribution in [0.15, 0.2) is 94.1 Å². The predicted molar refractivity (Wildman–Crippen MR) is 130 cm³/mol. The summed E-state index contributed by atoms with van der Waals surface area (Å²) in [6, 6.07) is 23.5. The summed E-state index contributed by atoms with van der Waals surface area (Å²) in [5.74, 6) is -1.21. The zero-order valence-electron chi connectivity index (χ0n) is 17.3. The summed E-state index contributed by atoms with van der Waals surface area (Å²) in [7, 11) is 0. The molecule has 166 valence electrons. The molecule has 0 aromatic heterocycles. The van der Waals surface area contributed by atoms with E-state index in [0.29, 0.717) is 11.3 Å². The van der Waals surface area contributed by atoms with Gasteiger partial charge in [-0.15, -0.1) is 0 Å². The molecule has 0 aliphatic carbocycles. The molecule has 3 amide bonds. The molecule has 1 aliphatic rings. The Labute approximate surface area is 204 Å². The number of hydrogen-bond acceptors (Lipinski definition) is 4. The molecule has 0 fully saturated rings. The lowest BCUT2D eigenvalue weighted by atomic mass is 10.1. The third-order valence-electron chi connectivity index (χ3n) is 5.08. The number of benzene rings is 3. The molecule has 6 nitrogen and oxygen atoms in total. The minimum atomic E-state index is -0.520. The van der Waals surface area contributed by atoms with E-state index in [9.17, 15) is 14.4 Å². The largest absolute Gasteiger partial charge is 0.375 e. The summed E-state index contributed by atoms with van der Waals surface area (Å²) in [5, 5.41) is 5.68. The molecular weight excluding hydrogens is 506 g/mol. The first-order valence-electron chi connectivity index (χ1n) is 10.1. The van der Waals surface area contributed by atoms with E-state index in [4.69, 9.17) is 11.6 Å². The van der Waals surface area contributed by atoms with Crippen LogP contribution in [0.25, 0.3) is 0 Å². The van der Waals surface area contributed by atoms with Crippen LogP contribution in [-0.4, -0.2) is 22.6 Å². The maximum atomic E-state index is 12.7. The molecule has 1 heterocycles. The Morgan fingerprint density at radius 3 is 2.18 bits per heavy atom. The Kier molecular flexibility index (Phi) is 6.91. The fourth-order valence-corrected chi connectivity index (χ4v) is 3.82. The van der Waals surface area contributed by atoms with Gasteiger partial charge in [0.25, 0.3) is 17.7 Å². The molecule has 0 bridgehead atoms. The lowest BCUT2D eigenvalue weighted by Crippen LogP contribution is -2.33. The number of halogens is 2. The van der Waals surface area contributed by atoms with Crippen molar-refractivity contribution >= 4 is 50.9 Å². The van der Waals surface area contributed by atoms with E-state index in [0.717, 1.165) is 20.5 Å². The van der Waals surface area contributed by atoms with Gasteiger partial charge in [0, 0.05) is 22.3 Å². The Morgan fingerprint density at radius 1 is 0.848 bits per heavy atom. The summed E-state index contributed by atoms with van der Waals surface area (Å²) in [6.45, 7) is 0.431. The van der Waals surface area contributed by atoms with Crippen molar-refractivity contribution in [3.05, 3.63) is 111 Å². The number of carbonyl (C=O) groups is 3. The number of nitrogens with zero attached hydrogens (tertiary/aromatic N) is 1. The predicted octanol–water partition coefficient (Wildman–Crippen LogP) is 4.81. The van der Waals surface area contributed by atoms with Crippen molar-refractivity contribution < 1.29 is 14.4 Å². The standard InChI is InChI=1S/C25H19BrClN3O3/c26-19-10-12-20(13-11-19)29-23(31)18-8-6-16(7-9-18)14-28-22-21(27)24(32)30(25(22)33)15-17-4-2-1-3-5-17/h1-13,28H,14-15H2,(H,29,31). The highest BCUT2D eigenvalue weighted by Crippen LogP contribution is 2.24. The average Bonchev–Trinajstić information content (AvgIpc) is 3.03. The van der Waals surface area contributed by atoms with Crippen LogP contribution in [0.3, 0.4) is 0 Å². The number of nitrogens with one attached hydrogen (secondary N) is 2. The molecule has 0 unspecified atom stereocenters. The van der Waals surface area contributed by atoms with Crippen LogP contribution in [0.1, 0.15) is 21.5 Å². The third-order valence-corrected chi connectivity index (χ3v) is 5.96. The van der Waals surface area contributed by atoms with Gasteiger partial charge in [-0.3, -0.25) is 19.3 Å². The molecule has 0 spiro atoms. The fourth-order valence-electron chi connectivity index (χ4n) is 3.31. The molecule has 0 radical (unpaired) electrons. The van der Waals surface area contributed by atoms with E-state index < -0.39 is 11.8 Å². The minimum Gasteiger partial charge on any atom is -0.375 e. The van der Waals surface area contributed by atoms with E-state index in [1.54, 1.807) is 36.4 Å². The molecule has 3 aromatic carbocycles. The normalized spacial score (nSPS) is 13.5. The molecule has 0 saturated carbocycles. The molecule has 33 heavy (non-hydrogen) atoms. The Hall–Kier alpha value is -3.42. The summed E-state index contributed by atoms with van der Waals surface area (Å²) in [4.78, 5) is 38.7. The van der Waals surface area contributed by atoms with Crippen LogP contribution in [0.5, 0.6) is 0 Å². The first kappa shape index (κ1) is 22.8. The van der Waals surface area contributed by atoms with Crippen molar-refractivity contribution in [2.75, 3.05) is 5.32 Å². The van der Waals surface area contributed by atoms with E-state index in [-0.39, 0.29) is 29.7 Å². The van der Waals surface area contributed by atoms with Gasteiger partial charge in [0.2, 0.25) is 0 Å². The molecule has 8 heteroatoms. The maximum absolute atomic E-state index is 12.7. The van der Waals surface area contributed by atoms with Crippen LogP contribution < -0.4 is 10.6 Å². The van der Waals surface area contributed by atoms with Gasteiger partial charge in [0.1, 0.15) is 10.7 Å². The molecule has 3 aromatic rings. The van der Waals surface area contributed by atoms with Gasteiger partial charge in [-0.25, -0.2) is 0 Å². The zero-order chi connectivity index (χ0) is 23.4. The van der Waals surface area contributed by atoms with Gasteiger partial charge in [-0.1, -0.05) is 70.0 Å². The maximum Gasteiger partial charge on any atom is 0.278 e. The van der Waals surface area contributed by atoms with Crippen molar-refractivity contribution in [2.45, 2.75) is 13.1 Å². The monoisotopic (exact) mass is 523 g/mol. The quantitative estimate of drug-likeness (QED) is 0.435. The van der Waals surface area contributed by atoms with E-state index in [1.807, 2.05) is 42.5 Å². The summed E-state index contributed by atoms with van der Waals surface area (Å²) in [6.07, 6.45) is 0. The van der Waals surface area contributed by atoms with E-state index in [2.05, 4.69) is 26.6 Å². The van der Waals surface area contributed by atoms with Crippen molar-refractivity contribution in [1.82, 2.24) is 10.2 Å². The van der Waals surface area contributed by atoms with Crippen molar-refractivity contribution in [1.29, 1.82) is 0 Å². The summed E-state index contributed by atoms with van der Waals surface area (Å²) in [5.41, 5.74) is 2.94. The number of amides is 3. The van der Waals surface area contributed by atoms with Crippen LogP contribution in [-0.2, 0) is 22.7 Å². The zero-order valence-corrected chi connectivity index (χ0v) is 19.7. The van der Waals surface area contributed by atoms with Gasteiger partial charge in [-0.05, 0) is 47.5 Å². The molecule has 4 rings (SSSR count). The van der Waals surface area contributed by atoms with Crippen LogP contribution in [0, 0.1) is 0 Å². The lowest BCUT2D eigenvalue weighted by molar-refractivity contribution is -0.138.